The summed E-state index contributed by atoms with van der Waals surface area (Å²) >= 11 is 6.21. The molecule has 4 aromatic rings. The van der Waals surface area contributed by atoms with Crippen LogP contribution >= 0.6 is 11.6 Å². The van der Waals surface area contributed by atoms with Crippen molar-refractivity contribution in [1.82, 2.24) is 15.0 Å². The number of pyridine rings is 1. The number of ether oxygens (including phenoxy) is 1. The number of methoxy groups -OCH3 is 1. The van der Waals surface area contributed by atoms with Crippen molar-refractivity contribution in [3.8, 4) is 23.0 Å². The van der Waals surface area contributed by atoms with E-state index in [0.717, 1.165) is 12.8 Å². The highest BCUT2D eigenvalue weighted by Gasteiger charge is 2.36. The standard InChI is InChI=1S/C27H27ClF2N4O3/c1-3-17-20(29)6-5-15-9-16(36)10-18(21(15)17)23-22(30)24-19(11-31-23)25(33-26(32-24)37-2)34-8-4-7-27(12-28,13-34)14-35/h5-6,9-11,35-36H,3-4,7-8,12-14H2,1-2H3. The largest absolute Gasteiger partial charge is 0.508 e. The zero-order valence-electron chi connectivity index (χ0n) is 20.6. The molecule has 1 aliphatic rings. The van der Waals surface area contributed by atoms with Gasteiger partial charge in [0.05, 0.1) is 19.1 Å². The number of piperidine rings is 1. The normalized spacial score (nSPS) is 18.1. The molecule has 194 valence electrons. The summed E-state index contributed by atoms with van der Waals surface area (Å²) in [7, 11) is 1.40. The molecule has 0 spiro atoms. The predicted octanol–water partition coefficient (Wildman–Crippen LogP) is 5.22. The summed E-state index contributed by atoms with van der Waals surface area (Å²) < 4.78 is 36.2. The van der Waals surface area contributed by atoms with Crippen LogP contribution in [0.5, 0.6) is 11.8 Å². The van der Waals surface area contributed by atoms with Crippen molar-refractivity contribution in [2.75, 3.05) is 37.6 Å². The smallest absolute Gasteiger partial charge is 0.318 e. The number of aliphatic hydroxyl groups excluding tert-OH is 1. The Labute approximate surface area is 217 Å². The Balaban J connectivity index is 1.74. The van der Waals surface area contributed by atoms with E-state index < -0.39 is 17.0 Å². The summed E-state index contributed by atoms with van der Waals surface area (Å²) in [4.78, 5) is 15.2. The van der Waals surface area contributed by atoms with Crippen LogP contribution < -0.4 is 9.64 Å². The lowest BCUT2D eigenvalue weighted by molar-refractivity contribution is 0.126. The summed E-state index contributed by atoms with van der Waals surface area (Å²) in [6.45, 7) is 2.80. The van der Waals surface area contributed by atoms with Gasteiger partial charge in [-0.1, -0.05) is 13.0 Å². The van der Waals surface area contributed by atoms with Crippen LogP contribution in [0, 0.1) is 17.0 Å². The Hall–Kier alpha value is -3.30. The van der Waals surface area contributed by atoms with Crippen LogP contribution in [-0.4, -0.2) is 57.9 Å². The molecule has 1 unspecified atom stereocenters. The second-order valence-corrected chi connectivity index (χ2v) is 9.77. The van der Waals surface area contributed by atoms with Crippen molar-refractivity contribution in [2.24, 2.45) is 5.41 Å². The molecule has 7 nitrogen and oxygen atoms in total. The number of alkyl halides is 1. The molecular weight excluding hydrogens is 502 g/mol. The summed E-state index contributed by atoms with van der Waals surface area (Å²) in [6, 6.07) is 5.77. The van der Waals surface area contributed by atoms with Crippen molar-refractivity contribution in [1.29, 1.82) is 0 Å². The van der Waals surface area contributed by atoms with Gasteiger partial charge in [-0.3, -0.25) is 4.98 Å². The fourth-order valence-electron chi connectivity index (χ4n) is 5.24. The highest BCUT2D eigenvalue weighted by atomic mass is 35.5. The molecule has 0 amide bonds. The van der Waals surface area contributed by atoms with E-state index in [9.17, 15) is 14.6 Å². The molecule has 2 N–H and O–H groups in total. The van der Waals surface area contributed by atoms with E-state index in [1.54, 1.807) is 6.07 Å². The molecule has 1 aliphatic heterocycles. The lowest BCUT2D eigenvalue weighted by Crippen LogP contribution is -2.47. The molecule has 10 heteroatoms. The molecular formula is C27H27ClF2N4O3. The van der Waals surface area contributed by atoms with Crippen molar-refractivity contribution in [2.45, 2.75) is 26.2 Å². The Bertz CT molecular complexity index is 1500. The molecule has 1 atom stereocenters. The molecule has 0 aliphatic carbocycles. The third kappa shape index (κ3) is 4.30. The van der Waals surface area contributed by atoms with Crippen LogP contribution in [0.1, 0.15) is 25.3 Å². The van der Waals surface area contributed by atoms with Gasteiger partial charge in [0.25, 0.3) is 0 Å². The van der Waals surface area contributed by atoms with Crippen LogP contribution in [0.25, 0.3) is 32.9 Å². The van der Waals surface area contributed by atoms with E-state index in [1.807, 2.05) is 11.8 Å². The maximum Gasteiger partial charge on any atom is 0.318 e. The molecule has 1 saturated heterocycles. The first kappa shape index (κ1) is 25.4. The minimum atomic E-state index is -0.736. The van der Waals surface area contributed by atoms with E-state index in [-0.39, 0.29) is 41.0 Å². The molecule has 2 aromatic carbocycles. The molecule has 0 saturated carbocycles. The summed E-state index contributed by atoms with van der Waals surface area (Å²) in [5.74, 6) is -0.527. The van der Waals surface area contributed by atoms with Crippen LogP contribution in [0.15, 0.2) is 30.5 Å². The monoisotopic (exact) mass is 528 g/mol. The molecule has 5 rings (SSSR count). The quantitative estimate of drug-likeness (QED) is 0.332. The molecule has 0 radical (unpaired) electrons. The highest BCUT2D eigenvalue weighted by Crippen LogP contribution is 2.40. The number of aromatic nitrogens is 3. The van der Waals surface area contributed by atoms with Gasteiger partial charge in [0.2, 0.25) is 0 Å². The van der Waals surface area contributed by atoms with Crippen molar-refractivity contribution < 1.29 is 23.7 Å². The number of nitrogens with zero attached hydrogens (tertiary/aromatic N) is 4. The number of halogens is 3. The predicted molar refractivity (Wildman–Crippen MR) is 139 cm³/mol. The van der Waals surface area contributed by atoms with Gasteiger partial charge in [0.15, 0.2) is 5.82 Å². The van der Waals surface area contributed by atoms with Gasteiger partial charge >= 0.3 is 6.01 Å². The van der Waals surface area contributed by atoms with Gasteiger partial charge in [-0.2, -0.15) is 9.97 Å². The summed E-state index contributed by atoms with van der Waals surface area (Å²) in [5.41, 5.74) is 0.0965. The molecule has 3 heterocycles. The molecule has 0 bridgehead atoms. The van der Waals surface area contributed by atoms with Gasteiger partial charge in [0.1, 0.15) is 28.6 Å². The first-order valence-electron chi connectivity index (χ1n) is 12.1. The van der Waals surface area contributed by atoms with Crippen molar-refractivity contribution in [3.63, 3.8) is 0 Å². The van der Waals surface area contributed by atoms with Gasteiger partial charge in [-0.25, -0.2) is 8.78 Å². The number of aromatic hydroxyl groups is 1. The fourth-order valence-corrected chi connectivity index (χ4v) is 5.55. The second kappa shape index (κ2) is 9.87. The SMILES string of the molecule is CCc1c(F)ccc2cc(O)cc(-c3ncc4c(N5CCCC(CO)(CCl)C5)nc(OC)nc4c3F)c12. The van der Waals surface area contributed by atoms with Gasteiger partial charge < -0.3 is 19.8 Å². The summed E-state index contributed by atoms with van der Waals surface area (Å²) in [6.07, 6.45) is 3.40. The van der Waals surface area contributed by atoms with Crippen LogP contribution in [0.4, 0.5) is 14.6 Å². The number of benzene rings is 2. The topological polar surface area (TPSA) is 91.6 Å². The second-order valence-electron chi connectivity index (χ2n) is 9.50. The molecule has 1 fully saturated rings. The molecule has 2 aromatic heterocycles. The number of fused-ring (bicyclic) bond motifs is 2. The average Bonchev–Trinajstić information content (AvgIpc) is 2.92. The minimum absolute atomic E-state index is 0.0103. The highest BCUT2D eigenvalue weighted by molar-refractivity contribution is 6.18. The Kier molecular flexibility index (Phi) is 6.76. The van der Waals surface area contributed by atoms with E-state index >= 15 is 4.39 Å². The first-order valence-corrected chi connectivity index (χ1v) is 12.6. The van der Waals surface area contributed by atoms with Gasteiger partial charge in [-0.15, -0.1) is 11.6 Å². The Morgan fingerprint density at radius 1 is 1.22 bits per heavy atom. The zero-order chi connectivity index (χ0) is 26.3. The van der Waals surface area contributed by atoms with Crippen molar-refractivity contribution >= 4 is 39.1 Å². The number of rotatable bonds is 6. The third-order valence-corrected chi connectivity index (χ3v) is 7.73. The van der Waals surface area contributed by atoms with Gasteiger partial charge in [-0.05, 0) is 53.8 Å². The third-order valence-electron chi connectivity index (χ3n) is 7.17. The summed E-state index contributed by atoms with van der Waals surface area (Å²) in [5, 5.41) is 21.8. The van der Waals surface area contributed by atoms with Crippen LogP contribution in [0.2, 0.25) is 0 Å². The first-order chi connectivity index (χ1) is 17.8. The van der Waals surface area contributed by atoms with E-state index in [1.165, 1.54) is 31.5 Å². The number of hydrogen-bond donors (Lipinski definition) is 2. The number of aliphatic hydroxyl groups is 1. The van der Waals surface area contributed by atoms with E-state index in [0.29, 0.717) is 47.1 Å². The Morgan fingerprint density at radius 3 is 2.73 bits per heavy atom. The van der Waals surface area contributed by atoms with Crippen molar-refractivity contribution in [3.05, 3.63) is 47.7 Å². The van der Waals surface area contributed by atoms with Crippen LogP contribution in [-0.2, 0) is 6.42 Å². The number of anilines is 1. The number of phenolic OH excluding ortho intramolecular Hbond substituents is 1. The lowest BCUT2D eigenvalue weighted by Gasteiger charge is -2.41. The fraction of sp³-hybridized carbons (Fsp3) is 0.370. The number of phenols is 1. The van der Waals surface area contributed by atoms with E-state index in [2.05, 4.69) is 15.0 Å². The van der Waals surface area contributed by atoms with Crippen LogP contribution in [0.3, 0.4) is 0 Å². The number of hydrogen-bond acceptors (Lipinski definition) is 7. The minimum Gasteiger partial charge on any atom is -0.508 e. The average molecular weight is 529 g/mol. The van der Waals surface area contributed by atoms with E-state index in [4.69, 9.17) is 16.3 Å². The maximum absolute atomic E-state index is 16.2. The van der Waals surface area contributed by atoms with Gasteiger partial charge in [0, 0.05) is 36.1 Å². The zero-order valence-corrected chi connectivity index (χ0v) is 21.3. The Morgan fingerprint density at radius 2 is 2.03 bits per heavy atom. The number of aryl methyl sites for hydroxylation is 1. The molecule has 37 heavy (non-hydrogen) atoms. The maximum atomic E-state index is 16.2. The lowest BCUT2D eigenvalue weighted by atomic mass is 9.82.